The molecule has 4 aromatic rings. The van der Waals surface area contributed by atoms with Gasteiger partial charge < -0.3 is 29.5 Å². The van der Waals surface area contributed by atoms with E-state index in [1.807, 2.05) is 19.1 Å². The molecular formula is C24H24ClN5O4. The molecule has 4 heterocycles. The van der Waals surface area contributed by atoms with Crippen LogP contribution in [0, 0.1) is 6.92 Å². The van der Waals surface area contributed by atoms with E-state index in [1.165, 1.54) is 0 Å². The van der Waals surface area contributed by atoms with Crippen LogP contribution in [-0.4, -0.2) is 53.0 Å². The average molecular weight is 482 g/mol. The van der Waals surface area contributed by atoms with Gasteiger partial charge in [-0.05, 0) is 30.7 Å². The smallest absolute Gasteiger partial charge is 0.259 e. The van der Waals surface area contributed by atoms with Crippen molar-refractivity contribution in [2.45, 2.75) is 19.4 Å². The zero-order chi connectivity index (χ0) is 23.7. The summed E-state index contributed by atoms with van der Waals surface area (Å²) in [7, 11) is 1.55. The van der Waals surface area contributed by atoms with Crippen LogP contribution in [0.25, 0.3) is 22.3 Å². The molecule has 10 heteroatoms. The number of aryl methyl sites for hydroxylation is 1. The number of nitrogens with zero attached hydrogens (tertiary/aromatic N) is 2. The van der Waals surface area contributed by atoms with Gasteiger partial charge in [0.05, 0.1) is 71.7 Å². The molecule has 3 N–H and O–H groups in total. The first-order valence-electron chi connectivity index (χ1n) is 10.9. The maximum Gasteiger partial charge on any atom is 0.259 e. The fourth-order valence-electron chi connectivity index (χ4n) is 4.19. The van der Waals surface area contributed by atoms with E-state index in [0.29, 0.717) is 76.5 Å². The molecule has 0 saturated carbocycles. The Labute approximate surface area is 200 Å². The largest absolute Gasteiger partial charge is 0.493 e. The SMILES string of the molecule is COc1c(Cl)cccc1Nc1c(-c2ccnc(C)n2)[nH]c2c(C[C@@H]3COCCO3)c[nH]c(=O)c12. The van der Waals surface area contributed by atoms with Gasteiger partial charge in [0.15, 0.2) is 5.75 Å². The fraction of sp³-hybridized carbons (Fsp3) is 0.292. The molecule has 1 atom stereocenters. The molecule has 5 rings (SSSR count). The van der Waals surface area contributed by atoms with Gasteiger partial charge in [0.1, 0.15) is 5.82 Å². The molecule has 0 radical (unpaired) electrons. The molecule has 1 saturated heterocycles. The van der Waals surface area contributed by atoms with Crippen LogP contribution in [-0.2, 0) is 15.9 Å². The van der Waals surface area contributed by atoms with Crippen LogP contribution in [0.4, 0.5) is 11.4 Å². The zero-order valence-electron chi connectivity index (χ0n) is 18.8. The monoisotopic (exact) mass is 481 g/mol. The molecule has 176 valence electrons. The van der Waals surface area contributed by atoms with Gasteiger partial charge in [0.25, 0.3) is 5.56 Å². The summed E-state index contributed by atoms with van der Waals surface area (Å²) in [5.41, 5.74) is 3.86. The minimum absolute atomic E-state index is 0.0969. The van der Waals surface area contributed by atoms with E-state index in [4.69, 9.17) is 25.8 Å². The number of hydrogen-bond acceptors (Lipinski definition) is 7. The molecule has 0 bridgehead atoms. The van der Waals surface area contributed by atoms with Crippen LogP contribution >= 0.6 is 11.6 Å². The molecule has 0 unspecified atom stereocenters. The number of nitrogens with one attached hydrogen (secondary N) is 3. The second-order valence-corrected chi connectivity index (χ2v) is 8.38. The normalized spacial score (nSPS) is 16.0. The van der Waals surface area contributed by atoms with Gasteiger partial charge >= 0.3 is 0 Å². The van der Waals surface area contributed by atoms with Gasteiger partial charge in [0.2, 0.25) is 0 Å². The minimum atomic E-state index is -0.240. The summed E-state index contributed by atoms with van der Waals surface area (Å²) < 4.78 is 16.9. The highest BCUT2D eigenvalue weighted by Gasteiger charge is 2.23. The van der Waals surface area contributed by atoms with Crippen LogP contribution in [0.5, 0.6) is 5.75 Å². The molecule has 0 spiro atoms. The number of hydrogen-bond donors (Lipinski definition) is 3. The van der Waals surface area contributed by atoms with Crippen molar-refractivity contribution in [3.05, 3.63) is 63.4 Å². The lowest BCUT2D eigenvalue weighted by Gasteiger charge is -2.23. The Bertz CT molecular complexity index is 1390. The van der Waals surface area contributed by atoms with Crippen molar-refractivity contribution in [2.24, 2.45) is 0 Å². The summed E-state index contributed by atoms with van der Waals surface area (Å²) in [6.07, 6.45) is 3.89. The molecule has 3 aromatic heterocycles. The maximum atomic E-state index is 13.1. The molecule has 0 aliphatic carbocycles. The predicted octanol–water partition coefficient (Wildman–Crippen LogP) is 3.99. The first kappa shape index (κ1) is 22.4. The number of aromatic amines is 2. The second kappa shape index (κ2) is 9.46. The van der Waals surface area contributed by atoms with Crippen LogP contribution < -0.4 is 15.6 Å². The number of benzene rings is 1. The molecule has 9 nitrogen and oxygen atoms in total. The summed E-state index contributed by atoms with van der Waals surface area (Å²) in [6.45, 7) is 3.46. The maximum absolute atomic E-state index is 13.1. The lowest BCUT2D eigenvalue weighted by atomic mass is 10.1. The van der Waals surface area contributed by atoms with Gasteiger partial charge in [-0.1, -0.05) is 17.7 Å². The van der Waals surface area contributed by atoms with E-state index in [-0.39, 0.29) is 11.7 Å². The number of aromatic nitrogens is 4. The third kappa shape index (κ3) is 4.25. The van der Waals surface area contributed by atoms with Gasteiger partial charge in [-0.25, -0.2) is 9.97 Å². The first-order chi connectivity index (χ1) is 16.5. The van der Waals surface area contributed by atoms with Crippen molar-refractivity contribution >= 4 is 33.9 Å². The number of H-pyrrole nitrogens is 2. The van der Waals surface area contributed by atoms with E-state index >= 15 is 0 Å². The summed E-state index contributed by atoms with van der Waals surface area (Å²) in [4.78, 5) is 28.2. The Hall–Kier alpha value is -3.40. The Kier molecular flexibility index (Phi) is 6.23. The molecule has 0 amide bonds. The molecule has 1 aliphatic heterocycles. The molecule has 1 aromatic carbocycles. The number of methoxy groups -OCH3 is 1. The molecule has 1 aliphatic rings. The van der Waals surface area contributed by atoms with E-state index in [9.17, 15) is 4.79 Å². The highest BCUT2D eigenvalue weighted by atomic mass is 35.5. The van der Waals surface area contributed by atoms with Crippen molar-refractivity contribution in [1.29, 1.82) is 0 Å². The van der Waals surface area contributed by atoms with Crippen molar-refractivity contribution in [2.75, 3.05) is 32.2 Å². The number of rotatable bonds is 6. The number of pyridine rings is 1. The van der Waals surface area contributed by atoms with Gasteiger partial charge in [-0.15, -0.1) is 0 Å². The molecule has 34 heavy (non-hydrogen) atoms. The Morgan fingerprint density at radius 2 is 2.18 bits per heavy atom. The topological polar surface area (TPSA) is 114 Å². The standard InChI is InChI=1S/C24H24ClN5O4/c1-13-26-7-6-17(28-13)21-22(29-18-5-3-4-16(25)23(18)32-2)19-20(30-21)14(11-27-24(19)31)10-15-12-33-8-9-34-15/h3-7,11,15,29-30H,8-10,12H2,1-2H3,(H,27,31)/t15-/m1/s1. The van der Waals surface area contributed by atoms with E-state index in [1.54, 1.807) is 31.6 Å². The highest BCUT2D eigenvalue weighted by molar-refractivity contribution is 6.32. The highest BCUT2D eigenvalue weighted by Crippen LogP contribution is 2.40. The third-order valence-electron chi connectivity index (χ3n) is 5.72. The van der Waals surface area contributed by atoms with E-state index < -0.39 is 0 Å². The van der Waals surface area contributed by atoms with Crippen molar-refractivity contribution in [3.8, 4) is 17.1 Å². The molecular weight excluding hydrogens is 458 g/mol. The first-order valence-corrected chi connectivity index (χ1v) is 11.3. The van der Waals surface area contributed by atoms with Gasteiger partial charge in [-0.3, -0.25) is 4.79 Å². The zero-order valence-corrected chi connectivity index (χ0v) is 19.5. The van der Waals surface area contributed by atoms with Crippen molar-refractivity contribution in [3.63, 3.8) is 0 Å². The number of halogens is 1. The van der Waals surface area contributed by atoms with Gasteiger partial charge in [-0.2, -0.15) is 0 Å². The summed E-state index contributed by atoms with van der Waals surface area (Å²) >= 11 is 6.34. The summed E-state index contributed by atoms with van der Waals surface area (Å²) in [5.74, 6) is 1.09. The number of anilines is 2. The Morgan fingerprint density at radius 3 is 2.94 bits per heavy atom. The second-order valence-electron chi connectivity index (χ2n) is 7.97. The minimum Gasteiger partial charge on any atom is -0.493 e. The van der Waals surface area contributed by atoms with Crippen LogP contribution in [0.2, 0.25) is 5.02 Å². The Morgan fingerprint density at radius 1 is 1.29 bits per heavy atom. The third-order valence-corrected chi connectivity index (χ3v) is 6.02. The van der Waals surface area contributed by atoms with Crippen LogP contribution in [0.1, 0.15) is 11.4 Å². The van der Waals surface area contributed by atoms with E-state index in [0.717, 1.165) is 5.56 Å². The lowest BCUT2D eigenvalue weighted by Crippen LogP contribution is -2.30. The summed E-state index contributed by atoms with van der Waals surface area (Å²) in [5, 5.41) is 4.30. The van der Waals surface area contributed by atoms with Crippen LogP contribution in [0.3, 0.4) is 0 Å². The number of para-hydroxylation sites is 1. The predicted molar refractivity (Wildman–Crippen MR) is 130 cm³/mol. The van der Waals surface area contributed by atoms with Crippen molar-refractivity contribution in [1.82, 2.24) is 19.9 Å². The summed E-state index contributed by atoms with van der Waals surface area (Å²) in [6, 6.07) is 7.19. The number of fused-ring (bicyclic) bond motifs is 1. The average Bonchev–Trinajstić information content (AvgIpc) is 3.22. The Balaban J connectivity index is 1.70. The molecule has 1 fully saturated rings. The van der Waals surface area contributed by atoms with Crippen LogP contribution in [0.15, 0.2) is 41.5 Å². The number of ether oxygens (including phenoxy) is 3. The van der Waals surface area contributed by atoms with Gasteiger partial charge in [0, 0.05) is 18.8 Å². The fourth-order valence-corrected chi connectivity index (χ4v) is 4.44. The van der Waals surface area contributed by atoms with E-state index in [2.05, 4.69) is 25.3 Å². The van der Waals surface area contributed by atoms with Crippen molar-refractivity contribution < 1.29 is 14.2 Å². The quantitative estimate of drug-likeness (QED) is 0.381. The lowest BCUT2D eigenvalue weighted by molar-refractivity contribution is -0.0871.